The molecule has 2 nitrogen and oxygen atoms in total. The fourth-order valence-electron chi connectivity index (χ4n) is 2.30. The topological polar surface area (TPSA) is 38.0 Å². The molecule has 1 heterocycles. The second-order valence-corrected chi connectivity index (χ2v) is 7.08. The lowest BCUT2D eigenvalue weighted by Crippen LogP contribution is -2.40. The van der Waals surface area contributed by atoms with E-state index in [2.05, 4.69) is 33.4 Å². The summed E-state index contributed by atoms with van der Waals surface area (Å²) in [5.74, 6) is 0. The van der Waals surface area contributed by atoms with Crippen LogP contribution in [0.2, 0.25) is 0 Å². The van der Waals surface area contributed by atoms with E-state index in [4.69, 9.17) is 5.73 Å². The maximum absolute atomic E-state index is 5.97. The van der Waals surface area contributed by atoms with E-state index in [-0.39, 0.29) is 0 Å². The molecule has 0 spiro atoms. The first-order chi connectivity index (χ1) is 7.74. The Kier molecular flexibility index (Phi) is 4.82. The van der Waals surface area contributed by atoms with Crippen molar-refractivity contribution < 1.29 is 0 Å². The number of nitrogens with one attached hydrogen (secondary N) is 1. The first kappa shape index (κ1) is 12.6. The van der Waals surface area contributed by atoms with Gasteiger partial charge in [-0.25, -0.2) is 0 Å². The van der Waals surface area contributed by atoms with Crippen LogP contribution in [0.3, 0.4) is 0 Å². The molecule has 2 rings (SSSR count). The second kappa shape index (κ2) is 6.15. The van der Waals surface area contributed by atoms with Crippen LogP contribution in [0.1, 0.15) is 30.6 Å². The largest absolute Gasteiger partial charge is 0.328 e. The van der Waals surface area contributed by atoms with Crippen molar-refractivity contribution in [2.45, 2.75) is 44.2 Å². The molecule has 0 radical (unpaired) electrons. The van der Waals surface area contributed by atoms with Crippen molar-refractivity contribution in [3.63, 3.8) is 0 Å². The summed E-state index contributed by atoms with van der Waals surface area (Å²) < 4.78 is 1.22. The lowest BCUT2D eigenvalue weighted by Gasteiger charge is -2.27. The van der Waals surface area contributed by atoms with E-state index in [0.29, 0.717) is 12.1 Å². The Bertz CT molecular complexity index is 327. The molecular formula is C12H19BrN2S. The van der Waals surface area contributed by atoms with Crippen molar-refractivity contribution in [1.82, 2.24) is 5.32 Å². The Labute approximate surface area is 110 Å². The first-order valence-electron chi connectivity index (χ1n) is 5.97. The zero-order valence-corrected chi connectivity index (χ0v) is 11.8. The van der Waals surface area contributed by atoms with Crippen LogP contribution in [0.25, 0.3) is 0 Å². The quantitative estimate of drug-likeness (QED) is 0.897. The lowest BCUT2D eigenvalue weighted by atomic mass is 9.91. The van der Waals surface area contributed by atoms with Crippen molar-refractivity contribution in [3.8, 4) is 0 Å². The highest BCUT2D eigenvalue weighted by Gasteiger charge is 2.18. The standard InChI is InChI=1S/C12H19BrN2S/c13-12-5-4-11(16-12)6-7-15-10-3-1-2-9(14)8-10/h4-5,9-10,15H,1-3,6-8,14H2. The molecule has 0 amide bonds. The van der Waals surface area contributed by atoms with Gasteiger partial charge >= 0.3 is 0 Å². The maximum Gasteiger partial charge on any atom is 0.0701 e. The van der Waals surface area contributed by atoms with Gasteiger partial charge < -0.3 is 11.1 Å². The summed E-state index contributed by atoms with van der Waals surface area (Å²) in [6.45, 7) is 1.07. The number of rotatable bonds is 4. The van der Waals surface area contributed by atoms with Gasteiger partial charge in [0.05, 0.1) is 3.79 Å². The molecule has 1 fully saturated rings. The van der Waals surface area contributed by atoms with Gasteiger partial charge in [-0.1, -0.05) is 6.42 Å². The molecule has 1 aliphatic carbocycles. The Hall–Kier alpha value is 0.1000. The molecule has 1 aromatic heterocycles. The molecule has 2 unspecified atom stereocenters. The van der Waals surface area contributed by atoms with Crippen LogP contribution in [0.15, 0.2) is 15.9 Å². The van der Waals surface area contributed by atoms with E-state index in [0.717, 1.165) is 19.4 Å². The number of thiophene rings is 1. The smallest absolute Gasteiger partial charge is 0.0701 e. The van der Waals surface area contributed by atoms with Crippen molar-refractivity contribution in [3.05, 3.63) is 20.8 Å². The summed E-state index contributed by atoms with van der Waals surface area (Å²) in [4.78, 5) is 1.44. The van der Waals surface area contributed by atoms with Gasteiger partial charge in [-0.05, 0) is 53.7 Å². The Balaban J connectivity index is 1.67. The summed E-state index contributed by atoms with van der Waals surface area (Å²) in [6, 6.07) is 5.38. The van der Waals surface area contributed by atoms with Gasteiger partial charge in [0, 0.05) is 23.5 Å². The molecule has 0 aliphatic heterocycles. The molecule has 3 N–H and O–H groups in total. The fraction of sp³-hybridized carbons (Fsp3) is 0.667. The van der Waals surface area contributed by atoms with E-state index < -0.39 is 0 Å². The van der Waals surface area contributed by atoms with Gasteiger partial charge in [-0.2, -0.15) is 0 Å². The summed E-state index contributed by atoms with van der Waals surface area (Å²) in [7, 11) is 0. The fourth-order valence-corrected chi connectivity index (χ4v) is 3.78. The number of halogens is 1. The Morgan fingerprint density at radius 1 is 1.44 bits per heavy atom. The zero-order valence-electron chi connectivity index (χ0n) is 9.42. The molecule has 1 aromatic rings. The molecule has 0 aromatic carbocycles. The molecule has 2 atom stereocenters. The predicted octanol–water partition coefficient (Wildman–Crippen LogP) is 2.91. The van der Waals surface area contributed by atoms with E-state index >= 15 is 0 Å². The first-order valence-corrected chi connectivity index (χ1v) is 7.58. The number of hydrogen-bond acceptors (Lipinski definition) is 3. The number of hydrogen-bond donors (Lipinski definition) is 2. The third-order valence-electron chi connectivity index (χ3n) is 3.15. The third kappa shape index (κ3) is 3.84. The summed E-state index contributed by atoms with van der Waals surface area (Å²) in [6.07, 6.45) is 6.05. The average Bonchev–Trinajstić information content (AvgIpc) is 2.64. The normalized spacial score (nSPS) is 25.9. The molecule has 16 heavy (non-hydrogen) atoms. The third-order valence-corrected chi connectivity index (χ3v) is 4.83. The van der Waals surface area contributed by atoms with Crippen molar-refractivity contribution in [2.75, 3.05) is 6.54 Å². The summed E-state index contributed by atoms with van der Waals surface area (Å²) in [5.41, 5.74) is 5.97. The van der Waals surface area contributed by atoms with Crippen LogP contribution in [-0.4, -0.2) is 18.6 Å². The number of nitrogens with two attached hydrogens (primary N) is 1. The average molecular weight is 303 g/mol. The second-order valence-electron chi connectivity index (χ2n) is 4.53. The predicted molar refractivity (Wildman–Crippen MR) is 74.0 cm³/mol. The van der Waals surface area contributed by atoms with Gasteiger partial charge in [-0.3, -0.25) is 0 Å². The molecule has 1 aliphatic rings. The van der Waals surface area contributed by atoms with E-state index in [1.807, 2.05) is 11.3 Å². The molecule has 0 saturated heterocycles. The monoisotopic (exact) mass is 302 g/mol. The highest BCUT2D eigenvalue weighted by Crippen LogP contribution is 2.22. The van der Waals surface area contributed by atoms with Gasteiger partial charge in [0.15, 0.2) is 0 Å². The van der Waals surface area contributed by atoms with Crippen molar-refractivity contribution >= 4 is 27.3 Å². The van der Waals surface area contributed by atoms with Crippen LogP contribution in [-0.2, 0) is 6.42 Å². The van der Waals surface area contributed by atoms with E-state index in [1.165, 1.54) is 27.9 Å². The molecule has 4 heteroatoms. The SMILES string of the molecule is NC1CCCC(NCCc2ccc(Br)s2)C1. The molecular weight excluding hydrogens is 284 g/mol. The highest BCUT2D eigenvalue weighted by atomic mass is 79.9. The maximum atomic E-state index is 5.97. The summed E-state index contributed by atoms with van der Waals surface area (Å²) in [5, 5.41) is 3.62. The van der Waals surface area contributed by atoms with Gasteiger partial charge in [0.1, 0.15) is 0 Å². The van der Waals surface area contributed by atoms with Crippen LogP contribution < -0.4 is 11.1 Å². The van der Waals surface area contributed by atoms with Gasteiger partial charge in [-0.15, -0.1) is 11.3 Å². The minimum atomic E-state index is 0.419. The van der Waals surface area contributed by atoms with Crippen LogP contribution in [0, 0.1) is 0 Å². The minimum absolute atomic E-state index is 0.419. The molecule has 1 saturated carbocycles. The van der Waals surface area contributed by atoms with Crippen LogP contribution in [0.5, 0.6) is 0 Å². The molecule has 0 bridgehead atoms. The van der Waals surface area contributed by atoms with E-state index in [9.17, 15) is 0 Å². The minimum Gasteiger partial charge on any atom is -0.328 e. The van der Waals surface area contributed by atoms with Crippen molar-refractivity contribution in [1.29, 1.82) is 0 Å². The zero-order chi connectivity index (χ0) is 11.4. The summed E-state index contributed by atoms with van der Waals surface area (Å²) >= 11 is 5.32. The van der Waals surface area contributed by atoms with Gasteiger partial charge in [0.2, 0.25) is 0 Å². The van der Waals surface area contributed by atoms with Crippen LogP contribution >= 0.6 is 27.3 Å². The van der Waals surface area contributed by atoms with Crippen molar-refractivity contribution in [2.24, 2.45) is 5.73 Å². The van der Waals surface area contributed by atoms with Gasteiger partial charge in [0.25, 0.3) is 0 Å². The van der Waals surface area contributed by atoms with Crippen LogP contribution in [0.4, 0.5) is 0 Å². The lowest BCUT2D eigenvalue weighted by molar-refractivity contribution is 0.341. The Morgan fingerprint density at radius 3 is 3.00 bits per heavy atom. The van der Waals surface area contributed by atoms with E-state index in [1.54, 1.807) is 0 Å². The highest BCUT2D eigenvalue weighted by molar-refractivity contribution is 9.11. The molecule has 90 valence electrons. The Morgan fingerprint density at radius 2 is 2.31 bits per heavy atom.